The fraction of sp³-hybridized carbons (Fsp3) is 0.769. The van der Waals surface area contributed by atoms with Crippen LogP contribution in [0.25, 0.3) is 0 Å². The Morgan fingerprint density at radius 1 is 1.47 bits per heavy atom. The third-order valence-electron chi connectivity index (χ3n) is 4.40. The van der Waals surface area contributed by atoms with Gasteiger partial charge < -0.3 is 15.0 Å². The second kappa shape index (κ2) is 5.09. The fourth-order valence-corrected chi connectivity index (χ4v) is 3.18. The summed E-state index contributed by atoms with van der Waals surface area (Å²) in [4.78, 5) is 13.5. The average molecular weight is 269 g/mol. The summed E-state index contributed by atoms with van der Waals surface area (Å²) in [6.07, 6.45) is 0.0721. The molecular weight excluding hydrogens is 249 g/mol. The second-order valence-electron chi connectivity index (χ2n) is 5.51. The Morgan fingerprint density at radius 3 is 3.00 bits per heavy atom. The summed E-state index contributed by atoms with van der Waals surface area (Å²) in [6, 6.07) is 0.160. The van der Waals surface area contributed by atoms with Crippen molar-refractivity contribution in [2.75, 3.05) is 32.9 Å². The first-order valence-electron chi connectivity index (χ1n) is 6.87. The number of ether oxygens (including phenoxy) is 1. The Kier molecular flexibility index (Phi) is 3.45. The van der Waals surface area contributed by atoms with Crippen molar-refractivity contribution >= 4 is 5.97 Å². The third kappa shape index (κ3) is 2.34. The maximum absolute atomic E-state index is 13.9. The number of cyclic esters (lactones) is 1. The topological polar surface area (TPSA) is 53.6 Å². The van der Waals surface area contributed by atoms with Crippen LogP contribution >= 0.6 is 0 Å². The summed E-state index contributed by atoms with van der Waals surface area (Å²) in [5.74, 6) is -0.172. The lowest BCUT2D eigenvalue weighted by Crippen LogP contribution is -2.47. The SMILES string of the molecule is CC1=C(N2CNC(C3CCNCC3F)C2)COC1=O. The highest BCUT2D eigenvalue weighted by atomic mass is 19.1. The molecule has 3 aliphatic rings. The van der Waals surface area contributed by atoms with Crippen LogP contribution in [-0.2, 0) is 9.53 Å². The van der Waals surface area contributed by atoms with Gasteiger partial charge in [0.2, 0.25) is 0 Å². The molecular formula is C13H20FN3O2. The first kappa shape index (κ1) is 12.9. The van der Waals surface area contributed by atoms with Crippen molar-refractivity contribution < 1.29 is 13.9 Å². The van der Waals surface area contributed by atoms with Crippen LogP contribution < -0.4 is 10.6 Å². The number of carbonyl (C=O) groups is 1. The Labute approximate surface area is 112 Å². The lowest BCUT2D eigenvalue weighted by atomic mass is 9.89. The number of nitrogens with one attached hydrogen (secondary N) is 2. The van der Waals surface area contributed by atoms with E-state index in [0.717, 1.165) is 25.2 Å². The van der Waals surface area contributed by atoms with Crippen LogP contribution in [0.2, 0.25) is 0 Å². The van der Waals surface area contributed by atoms with Crippen molar-refractivity contribution in [3.05, 3.63) is 11.3 Å². The van der Waals surface area contributed by atoms with Gasteiger partial charge in [-0.25, -0.2) is 9.18 Å². The molecule has 2 saturated heterocycles. The van der Waals surface area contributed by atoms with Gasteiger partial charge in [-0.2, -0.15) is 0 Å². The molecule has 0 saturated carbocycles. The van der Waals surface area contributed by atoms with Crippen LogP contribution in [0.5, 0.6) is 0 Å². The molecule has 0 amide bonds. The van der Waals surface area contributed by atoms with Crippen molar-refractivity contribution in [1.29, 1.82) is 0 Å². The van der Waals surface area contributed by atoms with E-state index < -0.39 is 6.17 Å². The summed E-state index contributed by atoms with van der Waals surface area (Å²) in [5.41, 5.74) is 1.63. The second-order valence-corrected chi connectivity index (χ2v) is 5.51. The number of hydrogen-bond acceptors (Lipinski definition) is 5. The highest BCUT2D eigenvalue weighted by Gasteiger charge is 2.38. The summed E-state index contributed by atoms with van der Waals surface area (Å²) in [6.45, 7) is 4.91. The Morgan fingerprint density at radius 2 is 2.32 bits per heavy atom. The molecule has 19 heavy (non-hydrogen) atoms. The van der Waals surface area contributed by atoms with Crippen molar-refractivity contribution in [3.63, 3.8) is 0 Å². The van der Waals surface area contributed by atoms with Crippen LogP contribution in [0.4, 0.5) is 4.39 Å². The average Bonchev–Trinajstić information content (AvgIpc) is 2.99. The Hall–Kier alpha value is -1.14. The number of piperidine rings is 1. The Balaban J connectivity index is 1.65. The van der Waals surface area contributed by atoms with E-state index in [1.54, 1.807) is 6.92 Å². The van der Waals surface area contributed by atoms with E-state index in [1.165, 1.54) is 0 Å². The smallest absolute Gasteiger partial charge is 0.335 e. The number of esters is 1. The van der Waals surface area contributed by atoms with Gasteiger partial charge in [0.1, 0.15) is 12.8 Å². The Bertz CT molecular complexity index is 413. The minimum absolute atomic E-state index is 0.0604. The van der Waals surface area contributed by atoms with Gasteiger partial charge in [-0.15, -0.1) is 0 Å². The molecule has 5 nitrogen and oxygen atoms in total. The number of halogens is 1. The van der Waals surface area contributed by atoms with Crippen LogP contribution in [-0.4, -0.2) is 56.0 Å². The molecule has 2 N–H and O–H groups in total. The molecule has 3 atom stereocenters. The highest BCUT2D eigenvalue weighted by Crippen LogP contribution is 2.27. The predicted octanol–water partition coefficient (Wildman–Crippen LogP) is -0.00390. The molecule has 3 unspecified atom stereocenters. The van der Waals surface area contributed by atoms with Crippen LogP contribution in [0.1, 0.15) is 13.3 Å². The molecule has 0 radical (unpaired) electrons. The van der Waals surface area contributed by atoms with Gasteiger partial charge in [0, 0.05) is 25.0 Å². The van der Waals surface area contributed by atoms with Crippen LogP contribution in [0.15, 0.2) is 11.3 Å². The van der Waals surface area contributed by atoms with Crippen LogP contribution in [0, 0.1) is 5.92 Å². The normalized spacial score (nSPS) is 36.0. The van der Waals surface area contributed by atoms with Gasteiger partial charge >= 0.3 is 5.97 Å². The van der Waals surface area contributed by atoms with Gasteiger partial charge in [0.05, 0.1) is 17.9 Å². The first-order chi connectivity index (χ1) is 9.16. The van der Waals surface area contributed by atoms with Gasteiger partial charge in [0.25, 0.3) is 0 Å². The highest BCUT2D eigenvalue weighted by molar-refractivity contribution is 5.90. The fourth-order valence-electron chi connectivity index (χ4n) is 3.18. The zero-order chi connectivity index (χ0) is 13.4. The number of carbonyl (C=O) groups excluding carboxylic acids is 1. The predicted molar refractivity (Wildman–Crippen MR) is 68.0 cm³/mol. The third-order valence-corrected chi connectivity index (χ3v) is 4.40. The minimum atomic E-state index is -0.789. The molecule has 3 aliphatic heterocycles. The molecule has 0 spiro atoms. The zero-order valence-electron chi connectivity index (χ0n) is 11.1. The molecule has 106 valence electrons. The molecule has 3 heterocycles. The van der Waals surface area contributed by atoms with E-state index in [0.29, 0.717) is 25.4 Å². The van der Waals surface area contributed by atoms with E-state index >= 15 is 0 Å². The van der Waals surface area contributed by atoms with Crippen molar-refractivity contribution in [2.45, 2.75) is 25.6 Å². The molecule has 3 rings (SSSR count). The molecule has 0 aromatic carbocycles. The lowest BCUT2D eigenvalue weighted by molar-refractivity contribution is -0.136. The lowest BCUT2D eigenvalue weighted by Gasteiger charge is -2.31. The minimum Gasteiger partial charge on any atom is -0.456 e. The van der Waals surface area contributed by atoms with Crippen molar-refractivity contribution in [1.82, 2.24) is 15.5 Å². The molecule has 0 aliphatic carbocycles. The molecule has 6 heteroatoms. The van der Waals surface area contributed by atoms with Crippen LogP contribution in [0.3, 0.4) is 0 Å². The monoisotopic (exact) mass is 269 g/mol. The molecule has 2 fully saturated rings. The maximum Gasteiger partial charge on any atom is 0.335 e. The molecule has 0 bridgehead atoms. The van der Waals surface area contributed by atoms with Gasteiger partial charge in [0.15, 0.2) is 0 Å². The van der Waals surface area contributed by atoms with E-state index in [9.17, 15) is 9.18 Å². The van der Waals surface area contributed by atoms with E-state index in [1.807, 2.05) is 0 Å². The summed E-state index contributed by atoms with van der Waals surface area (Å²) >= 11 is 0. The van der Waals surface area contributed by atoms with Crippen molar-refractivity contribution in [2.24, 2.45) is 5.92 Å². The summed E-state index contributed by atoms with van der Waals surface area (Å²) < 4.78 is 19.0. The van der Waals surface area contributed by atoms with E-state index in [-0.39, 0.29) is 17.9 Å². The number of hydrogen-bond donors (Lipinski definition) is 2. The first-order valence-corrected chi connectivity index (χ1v) is 6.87. The standard InChI is InChI=1S/C13H20FN3O2/c1-8-12(6-19-13(8)18)17-5-11(16-7-17)9-2-3-15-4-10(9)14/h9-11,15-16H,2-7H2,1H3. The van der Waals surface area contributed by atoms with Crippen molar-refractivity contribution in [3.8, 4) is 0 Å². The van der Waals surface area contributed by atoms with E-state index in [4.69, 9.17) is 4.74 Å². The summed E-state index contributed by atoms with van der Waals surface area (Å²) in [7, 11) is 0. The number of alkyl halides is 1. The summed E-state index contributed by atoms with van der Waals surface area (Å²) in [5, 5.41) is 6.45. The maximum atomic E-state index is 13.9. The quantitative estimate of drug-likeness (QED) is 0.691. The number of nitrogens with zero attached hydrogens (tertiary/aromatic N) is 1. The van der Waals surface area contributed by atoms with Gasteiger partial charge in [-0.05, 0) is 19.9 Å². The van der Waals surface area contributed by atoms with Gasteiger partial charge in [-0.3, -0.25) is 5.32 Å². The molecule has 0 aromatic rings. The van der Waals surface area contributed by atoms with E-state index in [2.05, 4.69) is 15.5 Å². The van der Waals surface area contributed by atoms with Gasteiger partial charge in [-0.1, -0.05) is 0 Å². The molecule has 0 aromatic heterocycles. The largest absolute Gasteiger partial charge is 0.456 e. The zero-order valence-corrected chi connectivity index (χ0v) is 11.1. The number of rotatable bonds is 2.